The molecule has 1 aliphatic rings. The van der Waals surface area contributed by atoms with Crippen molar-refractivity contribution in [2.24, 2.45) is 0 Å². The number of fused-ring (bicyclic) bond motifs is 5. The molecule has 7 rings (SSSR count). The van der Waals surface area contributed by atoms with Gasteiger partial charge in [-0.25, -0.2) is 0 Å². The summed E-state index contributed by atoms with van der Waals surface area (Å²) >= 11 is 0. The van der Waals surface area contributed by atoms with Gasteiger partial charge >= 0.3 is 0 Å². The third-order valence-corrected chi connectivity index (χ3v) is 11.4. The van der Waals surface area contributed by atoms with Gasteiger partial charge in [-0.05, 0) is 104 Å². The number of benzene rings is 4. The zero-order valence-corrected chi connectivity index (χ0v) is 33.2. The van der Waals surface area contributed by atoms with E-state index in [4.69, 9.17) is 0 Å². The van der Waals surface area contributed by atoms with E-state index in [9.17, 15) is 0 Å². The average molecular weight is 673 g/mol. The largest absolute Gasteiger partial charge is 0.284 e. The van der Waals surface area contributed by atoms with Crippen LogP contribution in [0.4, 0.5) is 0 Å². The highest BCUT2D eigenvalue weighted by atomic mass is 15.5. The van der Waals surface area contributed by atoms with E-state index in [1.807, 2.05) is 0 Å². The topological polar surface area (TPSA) is 7.76 Å². The molecular weight excluding hydrogens is 617 g/mol. The Labute approximate surface area is 306 Å². The zero-order valence-electron chi connectivity index (χ0n) is 33.2. The normalized spacial score (nSPS) is 14.1. The van der Waals surface area contributed by atoms with Gasteiger partial charge in [0.15, 0.2) is 0 Å². The van der Waals surface area contributed by atoms with E-state index in [0.717, 1.165) is 0 Å². The molecule has 0 unspecified atom stereocenters. The van der Waals surface area contributed by atoms with E-state index in [2.05, 4.69) is 203 Å². The molecule has 2 nitrogen and oxygen atoms in total. The van der Waals surface area contributed by atoms with E-state index in [-0.39, 0.29) is 21.7 Å². The second-order valence-corrected chi connectivity index (χ2v) is 18.6. The van der Waals surface area contributed by atoms with Crippen LogP contribution in [-0.2, 0) is 21.7 Å². The number of nitrogens with zero attached hydrogens (tertiary/aromatic N) is 2. The summed E-state index contributed by atoms with van der Waals surface area (Å²) in [5.74, 6) is 0. The fraction of sp³-hybridized carbons (Fsp3) is 0.347. The van der Waals surface area contributed by atoms with Crippen LogP contribution in [0, 0.1) is 13.8 Å². The summed E-state index contributed by atoms with van der Waals surface area (Å²) in [5, 5.41) is 2.66. The second kappa shape index (κ2) is 11.7. The Kier molecular flexibility index (Phi) is 8.02. The van der Waals surface area contributed by atoms with Crippen LogP contribution in [0.3, 0.4) is 0 Å². The van der Waals surface area contributed by atoms with Gasteiger partial charge in [-0.15, -0.1) is 0 Å². The molecule has 0 aliphatic heterocycles. The van der Waals surface area contributed by atoms with Crippen LogP contribution in [0.1, 0.15) is 115 Å². The van der Waals surface area contributed by atoms with Crippen LogP contribution < -0.4 is 9.35 Å². The van der Waals surface area contributed by atoms with Gasteiger partial charge in [0, 0.05) is 29.2 Å². The van der Waals surface area contributed by atoms with Crippen molar-refractivity contribution in [1.29, 1.82) is 0 Å². The Hall–Kier alpha value is -4.56. The van der Waals surface area contributed by atoms with Crippen LogP contribution in [0.25, 0.3) is 44.4 Å². The first-order valence-corrected chi connectivity index (χ1v) is 18.7. The van der Waals surface area contributed by atoms with Crippen molar-refractivity contribution < 1.29 is 9.35 Å². The number of aromatic nitrogens is 2. The van der Waals surface area contributed by atoms with Crippen molar-refractivity contribution in [3.05, 3.63) is 142 Å². The molecule has 2 heteroatoms. The molecule has 0 radical (unpaired) electrons. The highest BCUT2D eigenvalue weighted by Crippen LogP contribution is 2.52. The lowest BCUT2D eigenvalue weighted by Gasteiger charge is -2.23. The Bertz CT molecular complexity index is 2350. The minimum absolute atomic E-state index is 0.00504. The monoisotopic (exact) mass is 672 g/mol. The van der Waals surface area contributed by atoms with E-state index in [1.54, 1.807) is 0 Å². The lowest BCUT2D eigenvalue weighted by molar-refractivity contribution is -1.29. The van der Waals surface area contributed by atoms with Gasteiger partial charge in [-0.2, -0.15) is 0 Å². The molecule has 6 aromatic rings. The molecule has 0 saturated heterocycles. The highest BCUT2D eigenvalue weighted by molar-refractivity contribution is 5.98. The number of hydrogen-bond acceptors (Lipinski definition) is 0. The fourth-order valence-corrected chi connectivity index (χ4v) is 8.07. The SMILES string of the molecule is Cc1ccc(C(C)(C)C)cc1-c1cc(C(C)(C)C)cc[n+]1-[n+]1cc(C(C)(C)C)ccc1-c1cc2c(cc1C)C(C)(C)c1c-2ccc2ccccc12. The van der Waals surface area contributed by atoms with E-state index >= 15 is 0 Å². The van der Waals surface area contributed by atoms with Gasteiger partial charge in [0.2, 0.25) is 12.4 Å². The molecule has 0 atom stereocenters. The summed E-state index contributed by atoms with van der Waals surface area (Å²) in [4.78, 5) is 0. The molecule has 0 spiro atoms. The van der Waals surface area contributed by atoms with Gasteiger partial charge in [-0.3, -0.25) is 0 Å². The molecule has 1 aliphatic carbocycles. The number of aryl methyl sites for hydroxylation is 2. The molecular formula is C49H56N2+2. The molecule has 0 bridgehead atoms. The third kappa shape index (κ3) is 5.91. The zero-order chi connectivity index (χ0) is 36.8. The molecule has 51 heavy (non-hydrogen) atoms. The van der Waals surface area contributed by atoms with Crippen molar-refractivity contribution in [3.63, 3.8) is 0 Å². The first-order chi connectivity index (χ1) is 23.8. The minimum atomic E-state index is -0.0960. The lowest BCUT2D eigenvalue weighted by Crippen LogP contribution is -2.68. The third-order valence-electron chi connectivity index (χ3n) is 11.4. The first kappa shape index (κ1) is 34.9. The molecule has 260 valence electrons. The Morgan fingerprint density at radius 2 is 1.12 bits per heavy atom. The quantitative estimate of drug-likeness (QED) is 0.165. The summed E-state index contributed by atoms with van der Waals surface area (Å²) < 4.78 is 4.81. The maximum absolute atomic E-state index is 2.48. The number of pyridine rings is 2. The molecule has 0 fully saturated rings. The second-order valence-electron chi connectivity index (χ2n) is 18.6. The average Bonchev–Trinajstić information content (AvgIpc) is 3.28. The number of hydrogen-bond donors (Lipinski definition) is 0. The molecule has 2 heterocycles. The molecule has 2 aromatic heterocycles. The summed E-state index contributed by atoms with van der Waals surface area (Å²) in [6, 6.07) is 34.9. The molecule has 0 saturated carbocycles. The van der Waals surface area contributed by atoms with Crippen LogP contribution in [0.2, 0.25) is 0 Å². The van der Waals surface area contributed by atoms with Crippen molar-refractivity contribution in [1.82, 2.24) is 0 Å². The summed E-state index contributed by atoms with van der Waals surface area (Å²) in [5.41, 5.74) is 16.9. The predicted molar refractivity (Wildman–Crippen MR) is 216 cm³/mol. The van der Waals surface area contributed by atoms with Gasteiger partial charge in [-0.1, -0.05) is 131 Å². The van der Waals surface area contributed by atoms with E-state index < -0.39 is 0 Å². The standard InChI is InChI=1S/C49H56N2/c1-31-18-20-34(46(3,4)5)27-39(31)44-28-35(47(6,7)8)24-25-50(44)51-30-36(48(9,10)11)21-23-43(51)40-29-41-38-22-19-33-16-14-15-17-37(33)45(38)49(12,13)42(41)26-32(40)2/h14-30H,1-13H3/q+2. The van der Waals surface area contributed by atoms with Crippen LogP contribution >= 0.6 is 0 Å². The van der Waals surface area contributed by atoms with Crippen LogP contribution in [0.15, 0.2) is 103 Å². The van der Waals surface area contributed by atoms with Gasteiger partial charge in [0.1, 0.15) is 0 Å². The Morgan fingerprint density at radius 1 is 0.490 bits per heavy atom. The molecule has 0 N–H and O–H groups in total. The highest BCUT2D eigenvalue weighted by Gasteiger charge is 2.39. The van der Waals surface area contributed by atoms with Crippen molar-refractivity contribution >= 4 is 10.8 Å². The maximum Gasteiger partial charge on any atom is 0.284 e. The van der Waals surface area contributed by atoms with Gasteiger partial charge in [0.05, 0.1) is 20.5 Å². The van der Waals surface area contributed by atoms with E-state index in [0.29, 0.717) is 0 Å². The smallest absolute Gasteiger partial charge is 0.0616 e. The molecule has 4 aromatic carbocycles. The van der Waals surface area contributed by atoms with Crippen LogP contribution in [-0.4, -0.2) is 0 Å². The van der Waals surface area contributed by atoms with Crippen molar-refractivity contribution in [2.45, 2.75) is 112 Å². The van der Waals surface area contributed by atoms with Crippen molar-refractivity contribution in [2.75, 3.05) is 0 Å². The van der Waals surface area contributed by atoms with Gasteiger partial charge < -0.3 is 0 Å². The Balaban J connectivity index is 1.53. The maximum atomic E-state index is 2.48. The van der Waals surface area contributed by atoms with Gasteiger partial charge in [0.25, 0.3) is 11.4 Å². The summed E-state index contributed by atoms with van der Waals surface area (Å²) in [6.07, 6.45) is 4.67. The minimum Gasteiger partial charge on any atom is -0.0616 e. The first-order valence-electron chi connectivity index (χ1n) is 18.7. The summed E-state index contributed by atoms with van der Waals surface area (Å²) in [7, 11) is 0. The van der Waals surface area contributed by atoms with Crippen molar-refractivity contribution in [3.8, 4) is 33.6 Å². The lowest BCUT2D eigenvalue weighted by atomic mass is 9.79. The fourth-order valence-electron chi connectivity index (χ4n) is 8.07. The Morgan fingerprint density at radius 3 is 1.80 bits per heavy atom. The predicted octanol–water partition coefficient (Wildman–Crippen LogP) is 11.9. The van der Waals surface area contributed by atoms with E-state index in [1.165, 1.54) is 83.4 Å². The molecule has 0 amide bonds. The number of rotatable bonds is 3. The van der Waals surface area contributed by atoms with Crippen LogP contribution in [0.5, 0.6) is 0 Å². The summed E-state index contributed by atoms with van der Waals surface area (Å²) in [6.45, 7) is 30.1.